The fraction of sp³-hybridized carbons (Fsp3) is 0.0714. The molecule has 0 aromatic heterocycles. The number of aryl methyl sites for hydroxylation is 1. The number of carbonyl (C=O) groups is 1. The second-order valence-corrected chi connectivity index (χ2v) is 8.50. The summed E-state index contributed by atoms with van der Waals surface area (Å²) in [5, 5.41) is 14.6. The minimum atomic E-state index is -0.450. The van der Waals surface area contributed by atoms with E-state index in [2.05, 4.69) is 51.6 Å². The Morgan fingerprint density at radius 2 is 1.76 bits per heavy atom. The Morgan fingerprint density at radius 1 is 1.00 bits per heavy atom. The fourth-order valence-corrected chi connectivity index (χ4v) is 3.88. The van der Waals surface area contributed by atoms with Crippen LogP contribution < -0.4 is 10.1 Å². The van der Waals surface area contributed by atoms with Gasteiger partial charge >= 0.3 is 0 Å². The number of hydrogen-bond acceptors (Lipinski definition) is 3. The number of rotatable bonds is 6. The van der Waals surface area contributed by atoms with Gasteiger partial charge in [-0.15, -0.1) is 0 Å². The molecule has 0 aliphatic rings. The molecule has 0 saturated heterocycles. The average Bonchev–Trinajstić information content (AvgIpc) is 2.83. The van der Waals surface area contributed by atoms with Crippen molar-refractivity contribution in [2.24, 2.45) is 0 Å². The molecule has 0 spiro atoms. The first kappa shape index (κ1) is 22.3. The quantitative estimate of drug-likeness (QED) is 0.230. The topological polar surface area (TPSA) is 62.1 Å². The molecule has 0 heterocycles. The Balaban J connectivity index is 1.45. The molecular weight excluding hydrogens is 476 g/mol. The molecule has 0 aliphatic carbocycles. The minimum Gasteiger partial charge on any atom is -0.488 e. The first-order valence-corrected chi connectivity index (χ1v) is 11.2. The molecule has 0 saturated carbocycles. The summed E-state index contributed by atoms with van der Waals surface area (Å²) >= 11 is 3.53. The number of halogens is 1. The molecule has 0 unspecified atom stereocenters. The van der Waals surface area contributed by atoms with Crippen LogP contribution in [0.25, 0.3) is 16.8 Å². The fourth-order valence-electron chi connectivity index (χ4n) is 3.36. The molecule has 0 atom stereocenters. The molecule has 4 aromatic rings. The van der Waals surface area contributed by atoms with Crippen LogP contribution in [0.1, 0.15) is 16.7 Å². The molecule has 33 heavy (non-hydrogen) atoms. The van der Waals surface area contributed by atoms with Crippen LogP contribution in [0.2, 0.25) is 0 Å². The molecule has 0 fully saturated rings. The summed E-state index contributed by atoms with van der Waals surface area (Å²) in [6.45, 7) is 2.40. The van der Waals surface area contributed by atoms with Crippen LogP contribution in [0.3, 0.4) is 0 Å². The average molecular weight is 497 g/mol. The van der Waals surface area contributed by atoms with Crippen LogP contribution >= 0.6 is 15.9 Å². The third kappa shape index (κ3) is 5.68. The summed E-state index contributed by atoms with van der Waals surface area (Å²) in [6, 6.07) is 29.3. The molecule has 0 aliphatic heterocycles. The Morgan fingerprint density at radius 3 is 2.48 bits per heavy atom. The molecule has 4 nitrogen and oxygen atoms in total. The van der Waals surface area contributed by atoms with Gasteiger partial charge in [0.25, 0.3) is 5.91 Å². The molecular formula is C28H21BrN2O2. The molecule has 1 N–H and O–H groups in total. The highest BCUT2D eigenvalue weighted by Crippen LogP contribution is 2.28. The Hall–Kier alpha value is -3.88. The van der Waals surface area contributed by atoms with Crippen LogP contribution in [-0.4, -0.2) is 5.91 Å². The zero-order chi connectivity index (χ0) is 23.2. The second kappa shape index (κ2) is 10.2. The number of amides is 1. The van der Waals surface area contributed by atoms with Gasteiger partial charge in [0, 0.05) is 5.69 Å². The van der Waals surface area contributed by atoms with Gasteiger partial charge in [-0.2, -0.15) is 5.26 Å². The van der Waals surface area contributed by atoms with Crippen molar-refractivity contribution in [3.8, 4) is 11.8 Å². The third-order valence-corrected chi connectivity index (χ3v) is 5.77. The van der Waals surface area contributed by atoms with E-state index in [1.165, 1.54) is 10.8 Å². The summed E-state index contributed by atoms with van der Waals surface area (Å²) in [4.78, 5) is 12.5. The van der Waals surface area contributed by atoms with E-state index in [4.69, 9.17) is 4.74 Å². The largest absolute Gasteiger partial charge is 0.488 e. The van der Waals surface area contributed by atoms with Gasteiger partial charge in [-0.1, -0.05) is 60.2 Å². The van der Waals surface area contributed by atoms with Gasteiger partial charge < -0.3 is 10.1 Å². The van der Waals surface area contributed by atoms with Gasteiger partial charge in [0.1, 0.15) is 24.0 Å². The first-order chi connectivity index (χ1) is 16.0. The second-order valence-electron chi connectivity index (χ2n) is 7.65. The monoisotopic (exact) mass is 496 g/mol. The number of nitrogens with one attached hydrogen (secondary N) is 1. The van der Waals surface area contributed by atoms with Crippen LogP contribution in [0.15, 0.2) is 95.0 Å². The summed E-state index contributed by atoms with van der Waals surface area (Å²) in [7, 11) is 0. The summed E-state index contributed by atoms with van der Waals surface area (Å²) < 4.78 is 6.73. The van der Waals surface area contributed by atoms with E-state index < -0.39 is 5.91 Å². The van der Waals surface area contributed by atoms with Crippen LogP contribution in [0, 0.1) is 18.3 Å². The van der Waals surface area contributed by atoms with Crippen molar-refractivity contribution in [1.82, 2.24) is 0 Å². The molecule has 4 aromatic carbocycles. The Bertz CT molecular complexity index is 1390. The van der Waals surface area contributed by atoms with Crippen molar-refractivity contribution in [2.45, 2.75) is 13.5 Å². The number of fused-ring (bicyclic) bond motifs is 1. The highest BCUT2D eigenvalue weighted by molar-refractivity contribution is 9.10. The molecule has 0 radical (unpaired) electrons. The normalized spacial score (nSPS) is 11.1. The van der Waals surface area contributed by atoms with Gasteiger partial charge in [0.15, 0.2) is 0 Å². The molecule has 5 heteroatoms. The van der Waals surface area contributed by atoms with Crippen LogP contribution in [0.5, 0.6) is 5.75 Å². The predicted molar refractivity (Wildman–Crippen MR) is 136 cm³/mol. The number of ether oxygens (including phenoxy) is 1. The standard InChI is InChI=1S/C28H21BrN2O2/c1-19-6-11-25(12-7-19)31-28(32)24(17-30)14-20-9-13-27(26(29)16-20)33-18-21-8-10-22-4-2-3-5-23(22)15-21/h2-16H,18H2,1H3,(H,31,32)/b24-14+. The van der Waals surface area contributed by atoms with E-state index >= 15 is 0 Å². The van der Waals surface area contributed by atoms with Gasteiger partial charge in [0.05, 0.1) is 4.47 Å². The van der Waals surface area contributed by atoms with Gasteiger partial charge in [0.2, 0.25) is 0 Å². The maximum atomic E-state index is 12.5. The molecule has 162 valence electrons. The number of hydrogen-bond donors (Lipinski definition) is 1. The summed E-state index contributed by atoms with van der Waals surface area (Å²) in [5.41, 5.74) is 3.55. The van der Waals surface area contributed by atoms with Crippen molar-refractivity contribution >= 4 is 44.4 Å². The van der Waals surface area contributed by atoms with Gasteiger partial charge in [-0.05, 0) is 81.2 Å². The van der Waals surface area contributed by atoms with Crippen molar-refractivity contribution in [2.75, 3.05) is 5.32 Å². The Labute approximate surface area is 201 Å². The highest BCUT2D eigenvalue weighted by atomic mass is 79.9. The lowest BCUT2D eigenvalue weighted by atomic mass is 10.1. The summed E-state index contributed by atoms with van der Waals surface area (Å²) in [5.74, 6) is 0.233. The number of nitrogens with zero attached hydrogens (tertiary/aromatic N) is 1. The van der Waals surface area contributed by atoms with Crippen molar-refractivity contribution in [3.63, 3.8) is 0 Å². The maximum Gasteiger partial charge on any atom is 0.266 e. The van der Waals surface area contributed by atoms with Crippen LogP contribution in [-0.2, 0) is 11.4 Å². The van der Waals surface area contributed by atoms with E-state index in [9.17, 15) is 10.1 Å². The highest BCUT2D eigenvalue weighted by Gasteiger charge is 2.11. The predicted octanol–water partition coefficient (Wildman–Crippen LogP) is 7.04. The van der Waals surface area contributed by atoms with E-state index in [0.717, 1.165) is 21.2 Å². The number of carbonyl (C=O) groups excluding carboxylic acids is 1. The van der Waals surface area contributed by atoms with Gasteiger partial charge in [-0.25, -0.2) is 0 Å². The lowest BCUT2D eigenvalue weighted by molar-refractivity contribution is -0.112. The smallest absolute Gasteiger partial charge is 0.266 e. The zero-order valence-electron chi connectivity index (χ0n) is 18.0. The third-order valence-electron chi connectivity index (χ3n) is 5.15. The summed E-state index contributed by atoms with van der Waals surface area (Å²) in [6.07, 6.45) is 1.56. The minimum absolute atomic E-state index is 0.0207. The van der Waals surface area contributed by atoms with E-state index in [1.54, 1.807) is 18.2 Å². The van der Waals surface area contributed by atoms with E-state index in [0.29, 0.717) is 18.0 Å². The van der Waals surface area contributed by atoms with Gasteiger partial charge in [-0.3, -0.25) is 4.79 Å². The van der Waals surface area contributed by atoms with E-state index in [1.807, 2.05) is 55.5 Å². The lowest BCUT2D eigenvalue weighted by Gasteiger charge is -2.10. The first-order valence-electron chi connectivity index (χ1n) is 10.4. The Kier molecular flexibility index (Phi) is 6.87. The number of nitriles is 1. The van der Waals surface area contributed by atoms with Crippen LogP contribution in [0.4, 0.5) is 5.69 Å². The number of benzene rings is 4. The number of anilines is 1. The molecule has 1 amide bonds. The van der Waals surface area contributed by atoms with Crippen molar-refractivity contribution < 1.29 is 9.53 Å². The molecule has 0 bridgehead atoms. The SMILES string of the molecule is Cc1ccc(NC(=O)/C(C#N)=C/c2ccc(OCc3ccc4ccccc4c3)c(Br)c2)cc1. The van der Waals surface area contributed by atoms with Crippen molar-refractivity contribution in [1.29, 1.82) is 5.26 Å². The van der Waals surface area contributed by atoms with Crippen molar-refractivity contribution in [3.05, 3.63) is 112 Å². The van der Waals surface area contributed by atoms with E-state index in [-0.39, 0.29) is 5.57 Å². The maximum absolute atomic E-state index is 12.5. The molecule has 4 rings (SSSR count). The zero-order valence-corrected chi connectivity index (χ0v) is 19.6. The lowest BCUT2D eigenvalue weighted by Crippen LogP contribution is -2.13.